The normalized spacial score (nSPS) is 11.7. The molecular weight excluding hydrogens is 372 g/mol. The van der Waals surface area contributed by atoms with Crippen molar-refractivity contribution < 1.29 is 19.4 Å². The number of aliphatic carboxylic acids is 1. The molecule has 1 aromatic heterocycles. The second-order valence-corrected chi connectivity index (χ2v) is 6.72. The van der Waals surface area contributed by atoms with Crippen LogP contribution in [0.1, 0.15) is 20.3 Å². The zero-order valence-corrected chi connectivity index (χ0v) is 16.1. The number of aromatic nitrogens is 3. The van der Waals surface area contributed by atoms with Crippen molar-refractivity contribution in [2.75, 3.05) is 5.32 Å². The first-order chi connectivity index (χ1) is 14.0. The molecule has 0 fully saturated rings. The van der Waals surface area contributed by atoms with Crippen molar-refractivity contribution in [3.8, 4) is 23.5 Å². The predicted molar refractivity (Wildman–Crippen MR) is 107 cm³/mol. The first kappa shape index (κ1) is 20.1. The van der Waals surface area contributed by atoms with Gasteiger partial charge in [-0.2, -0.15) is 9.97 Å². The SMILES string of the molecule is CC(C)CC(Nc1nc(Oc2ccccc2)nc(Oc2ccccc2)n1)C(=O)O. The van der Waals surface area contributed by atoms with E-state index in [9.17, 15) is 9.90 Å². The third-order valence-corrected chi connectivity index (χ3v) is 3.81. The summed E-state index contributed by atoms with van der Waals surface area (Å²) < 4.78 is 11.4. The van der Waals surface area contributed by atoms with E-state index in [1.807, 2.05) is 50.2 Å². The Morgan fingerprint density at radius 2 is 1.38 bits per heavy atom. The summed E-state index contributed by atoms with van der Waals surface area (Å²) in [5.41, 5.74) is 0. The number of nitrogens with zero attached hydrogens (tertiary/aromatic N) is 3. The van der Waals surface area contributed by atoms with Gasteiger partial charge in [0.1, 0.15) is 17.5 Å². The van der Waals surface area contributed by atoms with Crippen LogP contribution in [0.15, 0.2) is 60.7 Å². The number of nitrogens with one attached hydrogen (secondary N) is 1. The van der Waals surface area contributed by atoms with Gasteiger partial charge in [-0.3, -0.25) is 0 Å². The minimum Gasteiger partial charge on any atom is -0.480 e. The standard InChI is InChI=1S/C21H22N4O4/c1-14(2)13-17(18(26)27)22-19-23-20(28-15-9-5-3-6-10-15)25-21(24-19)29-16-11-7-4-8-12-16/h3-12,14,17H,13H2,1-2H3,(H,26,27)(H,22,23,24,25). The van der Waals surface area contributed by atoms with Gasteiger partial charge in [-0.05, 0) is 36.6 Å². The molecule has 0 saturated heterocycles. The van der Waals surface area contributed by atoms with Gasteiger partial charge in [0, 0.05) is 0 Å². The van der Waals surface area contributed by atoms with Gasteiger partial charge in [0.05, 0.1) is 0 Å². The molecule has 0 aliphatic rings. The number of carboxylic acids is 1. The summed E-state index contributed by atoms with van der Waals surface area (Å²) in [5.74, 6) is 0.310. The molecule has 1 unspecified atom stereocenters. The number of rotatable bonds is 9. The summed E-state index contributed by atoms with van der Waals surface area (Å²) in [6, 6.07) is 17.2. The Labute approximate surface area is 168 Å². The van der Waals surface area contributed by atoms with Gasteiger partial charge in [0.15, 0.2) is 0 Å². The molecule has 1 atom stereocenters. The number of ether oxygens (including phenoxy) is 2. The molecule has 3 rings (SSSR count). The molecule has 0 bridgehead atoms. The van der Waals surface area contributed by atoms with Crippen LogP contribution >= 0.6 is 0 Å². The molecule has 0 spiro atoms. The number of para-hydroxylation sites is 2. The van der Waals surface area contributed by atoms with Crippen LogP contribution in [0.3, 0.4) is 0 Å². The average Bonchev–Trinajstić information content (AvgIpc) is 2.68. The molecule has 2 N–H and O–H groups in total. The molecule has 150 valence electrons. The Morgan fingerprint density at radius 3 is 1.79 bits per heavy atom. The first-order valence-corrected chi connectivity index (χ1v) is 9.21. The highest BCUT2D eigenvalue weighted by Gasteiger charge is 2.21. The maximum absolute atomic E-state index is 11.6. The number of anilines is 1. The van der Waals surface area contributed by atoms with E-state index >= 15 is 0 Å². The lowest BCUT2D eigenvalue weighted by atomic mass is 10.0. The predicted octanol–water partition coefficient (Wildman–Crippen LogP) is 4.37. The van der Waals surface area contributed by atoms with Crippen molar-refractivity contribution in [3.63, 3.8) is 0 Å². The van der Waals surface area contributed by atoms with Gasteiger partial charge in [-0.1, -0.05) is 50.2 Å². The lowest BCUT2D eigenvalue weighted by Crippen LogP contribution is -2.31. The fourth-order valence-corrected chi connectivity index (χ4v) is 2.53. The van der Waals surface area contributed by atoms with Crippen molar-refractivity contribution >= 4 is 11.9 Å². The van der Waals surface area contributed by atoms with Crippen LogP contribution in [0.2, 0.25) is 0 Å². The Kier molecular flexibility index (Phi) is 6.57. The van der Waals surface area contributed by atoms with Gasteiger partial charge < -0.3 is 19.9 Å². The Bertz CT molecular complexity index is 876. The van der Waals surface area contributed by atoms with Crippen LogP contribution in [0.5, 0.6) is 23.5 Å². The third kappa shape index (κ3) is 6.17. The molecule has 1 heterocycles. The van der Waals surface area contributed by atoms with Crippen molar-refractivity contribution in [2.45, 2.75) is 26.3 Å². The van der Waals surface area contributed by atoms with E-state index in [4.69, 9.17) is 9.47 Å². The summed E-state index contributed by atoms with van der Waals surface area (Å²) in [6.07, 6.45) is 0.408. The summed E-state index contributed by atoms with van der Waals surface area (Å²) in [7, 11) is 0. The Hall–Kier alpha value is -3.68. The lowest BCUT2D eigenvalue weighted by Gasteiger charge is -2.17. The monoisotopic (exact) mass is 394 g/mol. The van der Waals surface area contributed by atoms with Crippen LogP contribution in [0.4, 0.5) is 5.95 Å². The Balaban J connectivity index is 1.89. The van der Waals surface area contributed by atoms with Gasteiger partial charge >= 0.3 is 18.0 Å². The first-order valence-electron chi connectivity index (χ1n) is 9.21. The van der Waals surface area contributed by atoms with Crippen LogP contribution in [-0.4, -0.2) is 32.1 Å². The van der Waals surface area contributed by atoms with Crippen molar-refractivity contribution in [1.82, 2.24) is 15.0 Å². The minimum atomic E-state index is -0.991. The van der Waals surface area contributed by atoms with E-state index in [-0.39, 0.29) is 23.9 Å². The molecule has 0 radical (unpaired) electrons. The second kappa shape index (κ2) is 9.50. The van der Waals surface area contributed by atoms with E-state index in [0.717, 1.165) is 0 Å². The largest absolute Gasteiger partial charge is 0.480 e. The molecule has 8 nitrogen and oxygen atoms in total. The van der Waals surface area contributed by atoms with E-state index < -0.39 is 12.0 Å². The highest BCUT2D eigenvalue weighted by Crippen LogP contribution is 2.24. The quantitative estimate of drug-likeness (QED) is 0.551. The summed E-state index contributed by atoms with van der Waals surface area (Å²) in [5, 5.41) is 12.3. The molecule has 0 amide bonds. The molecule has 0 aliphatic carbocycles. The third-order valence-electron chi connectivity index (χ3n) is 3.81. The van der Waals surface area contributed by atoms with Gasteiger partial charge in [0.2, 0.25) is 5.95 Å². The highest BCUT2D eigenvalue weighted by molar-refractivity contribution is 5.76. The second-order valence-electron chi connectivity index (χ2n) is 6.72. The van der Waals surface area contributed by atoms with E-state index in [2.05, 4.69) is 20.3 Å². The fraction of sp³-hybridized carbons (Fsp3) is 0.238. The minimum absolute atomic E-state index is 0.00619. The summed E-state index contributed by atoms with van der Waals surface area (Å²) in [4.78, 5) is 24.2. The van der Waals surface area contributed by atoms with Crippen LogP contribution in [0.25, 0.3) is 0 Å². The van der Waals surface area contributed by atoms with Gasteiger partial charge in [0.25, 0.3) is 0 Å². The summed E-state index contributed by atoms with van der Waals surface area (Å²) in [6.45, 7) is 3.89. The molecule has 0 aliphatic heterocycles. The van der Waals surface area contributed by atoms with Crippen LogP contribution < -0.4 is 14.8 Å². The topological polar surface area (TPSA) is 106 Å². The maximum Gasteiger partial charge on any atom is 0.330 e. The van der Waals surface area contributed by atoms with Gasteiger partial charge in [-0.15, -0.1) is 4.98 Å². The van der Waals surface area contributed by atoms with Crippen LogP contribution in [0, 0.1) is 5.92 Å². The van der Waals surface area contributed by atoms with Crippen molar-refractivity contribution in [3.05, 3.63) is 60.7 Å². The average molecular weight is 394 g/mol. The number of benzene rings is 2. The molecule has 29 heavy (non-hydrogen) atoms. The van der Waals surface area contributed by atoms with Crippen LogP contribution in [-0.2, 0) is 4.79 Å². The van der Waals surface area contributed by atoms with E-state index in [0.29, 0.717) is 17.9 Å². The molecular formula is C21H22N4O4. The van der Waals surface area contributed by atoms with Gasteiger partial charge in [-0.25, -0.2) is 4.79 Å². The number of carboxylic acid groups (broad SMARTS) is 1. The van der Waals surface area contributed by atoms with E-state index in [1.54, 1.807) is 24.3 Å². The fourth-order valence-electron chi connectivity index (χ4n) is 2.53. The number of carbonyl (C=O) groups is 1. The number of hydrogen-bond donors (Lipinski definition) is 2. The maximum atomic E-state index is 11.6. The van der Waals surface area contributed by atoms with E-state index in [1.165, 1.54) is 0 Å². The molecule has 8 heteroatoms. The highest BCUT2D eigenvalue weighted by atomic mass is 16.5. The number of hydrogen-bond acceptors (Lipinski definition) is 7. The smallest absolute Gasteiger partial charge is 0.330 e. The molecule has 3 aromatic rings. The zero-order valence-electron chi connectivity index (χ0n) is 16.1. The molecule has 0 saturated carbocycles. The Morgan fingerprint density at radius 1 is 0.897 bits per heavy atom. The summed E-state index contributed by atoms with van der Waals surface area (Å²) >= 11 is 0. The molecule has 2 aromatic carbocycles. The van der Waals surface area contributed by atoms with Crippen molar-refractivity contribution in [1.29, 1.82) is 0 Å². The van der Waals surface area contributed by atoms with Crippen molar-refractivity contribution in [2.24, 2.45) is 5.92 Å². The lowest BCUT2D eigenvalue weighted by molar-refractivity contribution is -0.138. The zero-order chi connectivity index (χ0) is 20.6.